The Bertz CT molecular complexity index is 580. The molecule has 0 radical (unpaired) electrons. The Morgan fingerprint density at radius 3 is 2.90 bits per heavy atom. The second-order valence-corrected chi connectivity index (χ2v) is 5.93. The number of piperidine rings is 1. The van der Waals surface area contributed by atoms with Crippen molar-refractivity contribution in [3.8, 4) is 5.69 Å². The van der Waals surface area contributed by atoms with E-state index < -0.39 is 0 Å². The zero-order valence-corrected chi connectivity index (χ0v) is 12.9. The highest BCUT2D eigenvalue weighted by Gasteiger charge is 2.19. The third-order valence-corrected chi connectivity index (χ3v) is 4.18. The van der Waals surface area contributed by atoms with Crippen molar-refractivity contribution < 1.29 is 0 Å². The second-order valence-electron chi connectivity index (χ2n) is 5.49. The molecule has 6 heteroatoms. The molecular formula is C15H20ClN5. The molecule has 1 saturated heterocycles. The van der Waals surface area contributed by atoms with Gasteiger partial charge in [-0.25, -0.2) is 4.68 Å². The van der Waals surface area contributed by atoms with Crippen LogP contribution in [0.1, 0.15) is 18.5 Å². The van der Waals surface area contributed by atoms with Gasteiger partial charge in [0.15, 0.2) is 0 Å². The molecule has 1 aromatic heterocycles. The molecule has 1 aromatic carbocycles. The van der Waals surface area contributed by atoms with Crippen molar-refractivity contribution in [1.82, 2.24) is 25.2 Å². The minimum absolute atomic E-state index is 0.588. The molecule has 1 N–H and O–H groups in total. The summed E-state index contributed by atoms with van der Waals surface area (Å²) < 4.78 is 1.80. The van der Waals surface area contributed by atoms with Gasteiger partial charge in [0.25, 0.3) is 0 Å². The van der Waals surface area contributed by atoms with E-state index in [9.17, 15) is 0 Å². The molecule has 0 saturated carbocycles. The predicted octanol–water partition coefficient (Wildman–Crippen LogP) is 2.10. The minimum Gasteiger partial charge on any atom is -0.316 e. The van der Waals surface area contributed by atoms with Crippen molar-refractivity contribution >= 4 is 11.6 Å². The van der Waals surface area contributed by atoms with Crippen LogP contribution in [0.3, 0.4) is 0 Å². The summed E-state index contributed by atoms with van der Waals surface area (Å²) in [6.45, 7) is 3.06. The first kappa shape index (κ1) is 14.5. The van der Waals surface area contributed by atoms with E-state index in [0.717, 1.165) is 36.0 Å². The maximum atomic E-state index is 5.90. The van der Waals surface area contributed by atoms with Crippen LogP contribution in [0, 0.1) is 0 Å². The van der Waals surface area contributed by atoms with Gasteiger partial charge in [-0.3, -0.25) is 4.90 Å². The van der Waals surface area contributed by atoms with E-state index in [1.807, 2.05) is 37.5 Å². The van der Waals surface area contributed by atoms with Crippen LogP contribution in [0.25, 0.3) is 5.69 Å². The first-order chi connectivity index (χ1) is 10.2. The van der Waals surface area contributed by atoms with Crippen LogP contribution in [0.5, 0.6) is 0 Å². The van der Waals surface area contributed by atoms with Gasteiger partial charge in [0.1, 0.15) is 0 Å². The van der Waals surface area contributed by atoms with E-state index in [1.54, 1.807) is 4.68 Å². The average Bonchev–Trinajstić information content (AvgIpc) is 2.96. The van der Waals surface area contributed by atoms with E-state index >= 15 is 0 Å². The lowest BCUT2D eigenvalue weighted by Gasteiger charge is -2.31. The van der Waals surface area contributed by atoms with Crippen LogP contribution in [0.2, 0.25) is 5.02 Å². The third kappa shape index (κ3) is 3.61. The van der Waals surface area contributed by atoms with Gasteiger partial charge in [-0.1, -0.05) is 16.8 Å². The summed E-state index contributed by atoms with van der Waals surface area (Å²) in [6, 6.07) is 8.20. The van der Waals surface area contributed by atoms with Crippen molar-refractivity contribution in [2.75, 3.05) is 20.1 Å². The third-order valence-electron chi connectivity index (χ3n) is 3.93. The van der Waals surface area contributed by atoms with Gasteiger partial charge >= 0.3 is 0 Å². The number of rotatable bonds is 4. The van der Waals surface area contributed by atoms with Gasteiger partial charge in [0, 0.05) is 24.2 Å². The van der Waals surface area contributed by atoms with E-state index in [1.165, 1.54) is 12.8 Å². The summed E-state index contributed by atoms with van der Waals surface area (Å²) in [5, 5.41) is 12.6. The molecule has 1 aliphatic heterocycles. The van der Waals surface area contributed by atoms with E-state index in [2.05, 4.69) is 20.5 Å². The van der Waals surface area contributed by atoms with Gasteiger partial charge in [0.2, 0.25) is 0 Å². The summed E-state index contributed by atoms with van der Waals surface area (Å²) in [7, 11) is 2.03. The van der Waals surface area contributed by atoms with Crippen LogP contribution in [0.15, 0.2) is 30.5 Å². The maximum absolute atomic E-state index is 5.90. The summed E-state index contributed by atoms with van der Waals surface area (Å²) in [6.07, 6.45) is 4.48. The molecular weight excluding hydrogens is 286 g/mol. The molecule has 2 aromatic rings. The van der Waals surface area contributed by atoms with Crippen LogP contribution in [-0.4, -0.2) is 46.1 Å². The Morgan fingerprint density at radius 1 is 1.33 bits per heavy atom. The first-order valence-corrected chi connectivity index (χ1v) is 7.69. The number of likely N-dealkylation sites (tertiary alicyclic amines) is 1. The van der Waals surface area contributed by atoms with Crippen LogP contribution < -0.4 is 5.32 Å². The van der Waals surface area contributed by atoms with Crippen LogP contribution in [-0.2, 0) is 6.54 Å². The number of nitrogens with zero attached hydrogens (tertiary/aromatic N) is 4. The molecule has 21 heavy (non-hydrogen) atoms. The van der Waals surface area contributed by atoms with Crippen LogP contribution in [0.4, 0.5) is 0 Å². The van der Waals surface area contributed by atoms with Gasteiger partial charge in [-0.05, 0) is 50.7 Å². The SMILES string of the molecule is CNC1CCCN(Cc2cn(-c3ccc(Cl)cc3)nn2)C1. The topological polar surface area (TPSA) is 46.0 Å². The lowest BCUT2D eigenvalue weighted by Crippen LogP contribution is -2.43. The standard InChI is InChI=1S/C15H20ClN5/c1-17-13-3-2-8-20(9-13)10-14-11-21(19-18-14)15-6-4-12(16)5-7-15/h4-7,11,13,17H,2-3,8-10H2,1H3. The van der Waals surface area contributed by atoms with Gasteiger partial charge in [-0.15, -0.1) is 5.10 Å². The van der Waals surface area contributed by atoms with Crippen molar-refractivity contribution in [3.05, 3.63) is 41.2 Å². The normalized spacial score (nSPS) is 19.8. The van der Waals surface area contributed by atoms with E-state index in [-0.39, 0.29) is 0 Å². The van der Waals surface area contributed by atoms with Crippen molar-refractivity contribution in [2.24, 2.45) is 0 Å². The highest BCUT2D eigenvalue weighted by atomic mass is 35.5. The predicted molar refractivity (Wildman–Crippen MR) is 83.7 cm³/mol. The smallest absolute Gasteiger partial charge is 0.0971 e. The summed E-state index contributed by atoms with van der Waals surface area (Å²) in [5.74, 6) is 0. The Hall–Kier alpha value is -1.43. The zero-order valence-electron chi connectivity index (χ0n) is 12.2. The lowest BCUT2D eigenvalue weighted by atomic mass is 10.1. The number of halogens is 1. The highest BCUT2D eigenvalue weighted by molar-refractivity contribution is 6.30. The van der Waals surface area contributed by atoms with Crippen molar-refractivity contribution in [2.45, 2.75) is 25.4 Å². The fourth-order valence-corrected chi connectivity index (χ4v) is 2.88. The highest BCUT2D eigenvalue weighted by Crippen LogP contribution is 2.15. The summed E-state index contributed by atoms with van der Waals surface area (Å²) in [5.41, 5.74) is 1.98. The fourth-order valence-electron chi connectivity index (χ4n) is 2.75. The number of nitrogens with one attached hydrogen (secondary N) is 1. The summed E-state index contributed by atoms with van der Waals surface area (Å²) >= 11 is 5.90. The average molecular weight is 306 g/mol. The number of benzene rings is 1. The fraction of sp³-hybridized carbons (Fsp3) is 0.467. The number of likely N-dealkylation sites (N-methyl/N-ethyl adjacent to an activating group) is 1. The zero-order chi connectivity index (χ0) is 14.7. The molecule has 1 unspecified atom stereocenters. The molecule has 1 atom stereocenters. The molecule has 2 heterocycles. The lowest BCUT2D eigenvalue weighted by molar-refractivity contribution is 0.186. The number of hydrogen-bond acceptors (Lipinski definition) is 4. The Morgan fingerprint density at radius 2 is 2.14 bits per heavy atom. The van der Waals surface area contributed by atoms with Crippen molar-refractivity contribution in [3.63, 3.8) is 0 Å². The molecule has 1 fully saturated rings. The largest absolute Gasteiger partial charge is 0.316 e. The van der Waals surface area contributed by atoms with E-state index in [0.29, 0.717) is 6.04 Å². The molecule has 1 aliphatic rings. The maximum Gasteiger partial charge on any atom is 0.0971 e. The summed E-state index contributed by atoms with van der Waals surface area (Å²) in [4.78, 5) is 2.43. The number of aromatic nitrogens is 3. The Balaban J connectivity index is 1.66. The van der Waals surface area contributed by atoms with Gasteiger partial charge in [-0.2, -0.15) is 0 Å². The number of hydrogen-bond donors (Lipinski definition) is 1. The van der Waals surface area contributed by atoms with Crippen LogP contribution >= 0.6 is 11.6 Å². The molecule has 3 rings (SSSR count). The quantitative estimate of drug-likeness (QED) is 0.940. The van der Waals surface area contributed by atoms with E-state index in [4.69, 9.17) is 11.6 Å². The molecule has 112 valence electrons. The van der Waals surface area contributed by atoms with Crippen molar-refractivity contribution in [1.29, 1.82) is 0 Å². The van der Waals surface area contributed by atoms with Gasteiger partial charge in [0.05, 0.1) is 17.6 Å². The minimum atomic E-state index is 0.588. The molecule has 5 nitrogen and oxygen atoms in total. The Labute approximate surface area is 129 Å². The Kier molecular flexibility index (Phi) is 4.53. The first-order valence-electron chi connectivity index (χ1n) is 7.31. The second kappa shape index (κ2) is 6.56. The van der Waals surface area contributed by atoms with Gasteiger partial charge < -0.3 is 5.32 Å². The monoisotopic (exact) mass is 305 g/mol. The molecule has 0 aliphatic carbocycles. The molecule has 0 bridgehead atoms. The molecule has 0 amide bonds. The molecule has 0 spiro atoms.